The zero-order valence-corrected chi connectivity index (χ0v) is 16.1. The predicted octanol–water partition coefficient (Wildman–Crippen LogP) is 6.43. The molecular weight excluding hydrogens is 407 g/mol. The molecule has 0 amide bonds. The molecule has 3 nitrogen and oxygen atoms in total. The Bertz CT molecular complexity index is 970. The van der Waals surface area contributed by atoms with Crippen molar-refractivity contribution in [1.82, 2.24) is 0 Å². The number of ether oxygens (including phenoxy) is 1. The number of hydrogen-bond acceptors (Lipinski definition) is 3. The van der Waals surface area contributed by atoms with Crippen LogP contribution in [0.15, 0.2) is 72.8 Å². The summed E-state index contributed by atoms with van der Waals surface area (Å²) >= 11 is 17.9. The second kappa shape index (κ2) is 8.57. The summed E-state index contributed by atoms with van der Waals surface area (Å²) in [6.07, 6.45) is -1.14. The van der Waals surface area contributed by atoms with Crippen LogP contribution in [-0.4, -0.2) is 11.8 Å². The minimum atomic E-state index is -1.14. The second-order valence-corrected chi connectivity index (χ2v) is 6.97. The van der Waals surface area contributed by atoms with E-state index in [-0.39, 0.29) is 16.4 Å². The number of hydrogen-bond donors (Lipinski definition) is 0. The second-order valence-electron chi connectivity index (χ2n) is 5.69. The van der Waals surface area contributed by atoms with Gasteiger partial charge >= 0.3 is 5.97 Å². The van der Waals surface area contributed by atoms with E-state index in [0.29, 0.717) is 21.2 Å². The summed E-state index contributed by atoms with van der Waals surface area (Å²) in [5.74, 6) is -1.07. The fraction of sp³-hybridized carbons (Fsp3) is 0.0476. The molecule has 1 atom stereocenters. The van der Waals surface area contributed by atoms with Crippen molar-refractivity contribution in [3.8, 4) is 0 Å². The van der Waals surface area contributed by atoms with Gasteiger partial charge in [0.05, 0.1) is 10.6 Å². The van der Waals surface area contributed by atoms with Crippen molar-refractivity contribution in [2.45, 2.75) is 6.10 Å². The number of carbonyl (C=O) groups excluding carboxylic acids is 2. The van der Waals surface area contributed by atoms with Crippen LogP contribution in [0.5, 0.6) is 0 Å². The van der Waals surface area contributed by atoms with Gasteiger partial charge in [0.2, 0.25) is 5.78 Å². The standard InChI is InChI=1S/C21H13Cl3O3/c22-15-8-6-14(7-9-15)20(19(25)13-4-2-1-3-5-13)27-21(26)17-11-10-16(23)12-18(17)24/h1-12,20H/t20-/m1/s1. The Morgan fingerprint density at radius 1 is 0.778 bits per heavy atom. The van der Waals surface area contributed by atoms with Gasteiger partial charge in [0.1, 0.15) is 0 Å². The highest BCUT2D eigenvalue weighted by Crippen LogP contribution is 2.28. The number of esters is 1. The molecule has 3 rings (SSSR count). The van der Waals surface area contributed by atoms with E-state index in [1.807, 2.05) is 0 Å². The van der Waals surface area contributed by atoms with Crippen LogP contribution < -0.4 is 0 Å². The minimum Gasteiger partial charge on any atom is -0.445 e. The van der Waals surface area contributed by atoms with Gasteiger partial charge in [-0.15, -0.1) is 0 Å². The van der Waals surface area contributed by atoms with Crippen molar-refractivity contribution in [1.29, 1.82) is 0 Å². The first-order chi connectivity index (χ1) is 13.0. The zero-order chi connectivity index (χ0) is 19.4. The molecule has 0 spiro atoms. The first-order valence-corrected chi connectivity index (χ1v) is 9.10. The predicted molar refractivity (Wildman–Crippen MR) is 107 cm³/mol. The van der Waals surface area contributed by atoms with E-state index in [9.17, 15) is 9.59 Å². The van der Waals surface area contributed by atoms with Crippen LogP contribution in [0, 0.1) is 0 Å². The van der Waals surface area contributed by atoms with Gasteiger partial charge in [-0.3, -0.25) is 4.79 Å². The number of halogens is 3. The maximum Gasteiger partial charge on any atom is 0.340 e. The third-order valence-electron chi connectivity index (χ3n) is 3.85. The van der Waals surface area contributed by atoms with Crippen LogP contribution in [0.1, 0.15) is 32.4 Å². The summed E-state index contributed by atoms with van der Waals surface area (Å²) in [4.78, 5) is 25.6. The molecule has 0 aliphatic heterocycles. The SMILES string of the molecule is O=C(O[C@@H](C(=O)c1ccccc1)c1ccc(Cl)cc1)c1ccc(Cl)cc1Cl. The third kappa shape index (κ3) is 4.69. The molecule has 0 aliphatic carbocycles. The summed E-state index contributed by atoms with van der Waals surface area (Å²) in [5, 5.41) is 1.05. The molecule has 136 valence electrons. The lowest BCUT2D eigenvalue weighted by Crippen LogP contribution is -2.20. The van der Waals surface area contributed by atoms with Gasteiger partial charge in [0, 0.05) is 21.2 Å². The fourth-order valence-electron chi connectivity index (χ4n) is 2.49. The molecule has 0 radical (unpaired) electrons. The normalized spacial score (nSPS) is 11.7. The summed E-state index contributed by atoms with van der Waals surface area (Å²) in [7, 11) is 0. The summed E-state index contributed by atoms with van der Waals surface area (Å²) in [6, 6.07) is 19.6. The molecule has 0 N–H and O–H groups in total. The number of benzene rings is 3. The van der Waals surface area contributed by atoms with Gasteiger partial charge < -0.3 is 4.74 Å². The van der Waals surface area contributed by atoms with Gasteiger partial charge in [-0.1, -0.05) is 77.3 Å². The molecule has 3 aromatic carbocycles. The van der Waals surface area contributed by atoms with Crippen LogP contribution in [-0.2, 0) is 4.74 Å². The number of Topliss-reactive ketones (excluding diaryl/α,β-unsaturated/α-hetero) is 1. The van der Waals surface area contributed by atoms with Gasteiger partial charge in [-0.05, 0) is 30.3 Å². The van der Waals surface area contributed by atoms with Crippen molar-refractivity contribution >= 4 is 46.6 Å². The summed E-state index contributed by atoms with van der Waals surface area (Å²) in [5.41, 5.74) is 1.06. The fourth-order valence-corrected chi connectivity index (χ4v) is 3.10. The molecular formula is C21H13Cl3O3. The quantitative estimate of drug-likeness (QED) is 0.353. The Balaban J connectivity index is 1.95. The highest BCUT2D eigenvalue weighted by atomic mass is 35.5. The molecule has 0 heterocycles. The maximum absolute atomic E-state index is 13.0. The maximum atomic E-state index is 13.0. The first-order valence-electron chi connectivity index (χ1n) is 7.96. The molecule has 3 aromatic rings. The Kier molecular flexibility index (Phi) is 6.17. The van der Waals surface area contributed by atoms with Crippen molar-refractivity contribution in [2.75, 3.05) is 0 Å². The lowest BCUT2D eigenvalue weighted by molar-refractivity contribution is 0.0280. The summed E-state index contributed by atoms with van der Waals surface area (Å²) in [6.45, 7) is 0. The van der Waals surface area contributed by atoms with E-state index in [2.05, 4.69) is 0 Å². The highest BCUT2D eigenvalue weighted by molar-refractivity contribution is 6.36. The largest absolute Gasteiger partial charge is 0.445 e. The smallest absolute Gasteiger partial charge is 0.340 e. The Morgan fingerprint density at radius 2 is 1.41 bits per heavy atom. The molecule has 6 heteroatoms. The lowest BCUT2D eigenvalue weighted by Gasteiger charge is -2.18. The Labute approximate surface area is 171 Å². The monoisotopic (exact) mass is 418 g/mol. The Hall–Kier alpha value is -2.33. The summed E-state index contributed by atoms with van der Waals surface area (Å²) < 4.78 is 5.54. The van der Waals surface area contributed by atoms with Gasteiger partial charge in [-0.2, -0.15) is 0 Å². The van der Waals surface area contributed by atoms with E-state index in [4.69, 9.17) is 39.5 Å². The zero-order valence-electron chi connectivity index (χ0n) is 13.9. The number of ketones is 1. The lowest BCUT2D eigenvalue weighted by atomic mass is 9.99. The molecule has 27 heavy (non-hydrogen) atoms. The van der Waals surface area contributed by atoms with Crippen molar-refractivity contribution in [3.63, 3.8) is 0 Å². The van der Waals surface area contributed by atoms with Crippen LogP contribution in [0.2, 0.25) is 15.1 Å². The molecule has 0 aliphatic rings. The molecule has 0 saturated heterocycles. The average Bonchev–Trinajstić information content (AvgIpc) is 2.67. The topological polar surface area (TPSA) is 43.4 Å². The molecule has 0 bridgehead atoms. The van der Waals surface area contributed by atoms with Crippen molar-refractivity contribution in [2.24, 2.45) is 0 Å². The van der Waals surface area contributed by atoms with Crippen LogP contribution >= 0.6 is 34.8 Å². The van der Waals surface area contributed by atoms with E-state index in [0.717, 1.165) is 0 Å². The molecule has 0 unspecified atom stereocenters. The molecule has 0 fully saturated rings. The van der Waals surface area contributed by atoms with E-state index in [1.165, 1.54) is 18.2 Å². The Morgan fingerprint density at radius 3 is 2.04 bits per heavy atom. The number of carbonyl (C=O) groups is 2. The van der Waals surface area contributed by atoms with Crippen LogP contribution in [0.25, 0.3) is 0 Å². The van der Waals surface area contributed by atoms with E-state index in [1.54, 1.807) is 54.6 Å². The molecule has 0 saturated carbocycles. The van der Waals surface area contributed by atoms with E-state index < -0.39 is 12.1 Å². The van der Waals surface area contributed by atoms with Crippen LogP contribution in [0.3, 0.4) is 0 Å². The first kappa shape index (κ1) is 19.4. The number of rotatable bonds is 5. The third-order valence-corrected chi connectivity index (χ3v) is 4.64. The van der Waals surface area contributed by atoms with Crippen molar-refractivity contribution < 1.29 is 14.3 Å². The van der Waals surface area contributed by atoms with Gasteiger partial charge in [0.15, 0.2) is 6.10 Å². The van der Waals surface area contributed by atoms with Crippen molar-refractivity contribution in [3.05, 3.63) is 105 Å². The van der Waals surface area contributed by atoms with Gasteiger partial charge in [0.25, 0.3) is 0 Å². The average molecular weight is 420 g/mol. The van der Waals surface area contributed by atoms with Crippen LogP contribution in [0.4, 0.5) is 0 Å². The highest BCUT2D eigenvalue weighted by Gasteiger charge is 2.27. The molecule has 0 aromatic heterocycles. The minimum absolute atomic E-state index is 0.126. The van der Waals surface area contributed by atoms with E-state index >= 15 is 0 Å². The van der Waals surface area contributed by atoms with Gasteiger partial charge in [-0.25, -0.2) is 4.79 Å².